The van der Waals surface area contributed by atoms with Gasteiger partial charge in [0.1, 0.15) is 23.4 Å². The van der Waals surface area contributed by atoms with Gasteiger partial charge in [-0.3, -0.25) is 9.98 Å². The van der Waals surface area contributed by atoms with E-state index < -0.39 is 12.4 Å². The molecule has 34 heavy (non-hydrogen) atoms. The van der Waals surface area contributed by atoms with Crippen molar-refractivity contribution in [3.05, 3.63) is 84.4 Å². The third-order valence-corrected chi connectivity index (χ3v) is 4.57. The predicted octanol–water partition coefficient (Wildman–Crippen LogP) is 5.24. The van der Waals surface area contributed by atoms with Crippen LogP contribution in [0.1, 0.15) is 24.9 Å². The average molecular weight is 473 g/mol. The molecule has 0 amide bonds. The normalized spacial score (nSPS) is 16.3. The minimum atomic E-state index is -4.70. The zero-order valence-corrected chi connectivity index (χ0v) is 18.3. The van der Waals surface area contributed by atoms with Gasteiger partial charge in [-0.1, -0.05) is 49.4 Å². The van der Waals surface area contributed by atoms with Crippen LogP contribution >= 0.6 is 0 Å². The second kappa shape index (κ2) is 11.3. The van der Waals surface area contributed by atoms with Crippen molar-refractivity contribution in [2.45, 2.75) is 25.7 Å². The summed E-state index contributed by atoms with van der Waals surface area (Å²) in [6.07, 6.45) is -0.852. The number of aliphatic imine (C=N–C) groups is 2. The molecule has 2 heterocycles. The number of halogens is 4. The van der Waals surface area contributed by atoms with Crippen LogP contribution in [0.4, 0.5) is 17.6 Å². The molecule has 1 aromatic heterocycles. The Kier molecular flexibility index (Phi) is 8.18. The second-order valence-corrected chi connectivity index (χ2v) is 7.15. The maximum absolute atomic E-state index is 13.2. The lowest BCUT2D eigenvalue weighted by molar-refractivity contribution is -0.274. The van der Waals surface area contributed by atoms with Gasteiger partial charge in [0, 0.05) is 24.5 Å². The van der Waals surface area contributed by atoms with Crippen LogP contribution < -0.4 is 15.8 Å². The fourth-order valence-corrected chi connectivity index (χ4v) is 3.08. The van der Waals surface area contributed by atoms with Crippen molar-refractivity contribution >= 4 is 11.8 Å². The highest BCUT2D eigenvalue weighted by molar-refractivity contribution is 6.07. The van der Waals surface area contributed by atoms with Crippen molar-refractivity contribution in [3.63, 3.8) is 0 Å². The zero-order chi connectivity index (χ0) is 24.6. The summed E-state index contributed by atoms with van der Waals surface area (Å²) in [5.41, 5.74) is 7.71. The lowest BCUT2D eigenvalue weighted by Gasteiger charge is -2.12. The fourth-order valence-electron chi connectivity index (χ4n) is 3.08. The Bertz CT molecular complexity index is 1130. The zero-order valence-electron chi connectivity index (χ0n) is 18.3. The maximum Gasteiger partial charge on any atom is 0.573 e. The monoisotopic (exact) mass is 473 g/mol. The van der Waals surface area contributed by atoms with Crippen LogP contribution in [0.5, 0.6) is 5.75 Å². The first-order valence-electron chi connectivity index (χ1n) is 10.4. The van der Waals surface area contributed by atoms with Crippen molar-refractivity contribution in [2.75, 3.05) is 6.54 Å². The van der Waals surface area contributed by atoms with E-state index >= 15 is 0 Å². The molecule has 0 aliphatic carbocycles. The number of alkyl halides is 3. The number of nitrogens with one attached hydrogen (secondary N) is 1. The Morgan fingerprint density at radius 2 is 1.76 bits per heavy atom. The third kappa shape index (κ3) is 7.03. The smallest absolute Gasteiger partial charge is 0.406 e. The van der Waals surface area contributed by atoms with E-state index in [4.69, 9.17) is 5.73 Å². The fraction of sp³-hybridized carbons (Fsp3) is 0.208. The van der Waals surface area contributed by atoms with Crippen molar-refractivity contribution in [1.29, 1.82) is 0 Å². The molecular weight excluding hydrogens is 450 g/mol. The Morgan fingerprint density at radius 1 is 1.06 bits per heavy atom. The first-order chi connectivity index (χ1) is 16.3. The molecule has 3 aromatic rings. The number of guanidine groups is 1. The van der Waals surface area contributed by atoms with Gasteiger partial charge >= 0.3 is 6.36 Å². The van der Waals surface area contributed by atoms with Crippen LogP contribution in [0.15, 0.2) is 83.0 Å². The standard InChI is InChI=1S/C13H15F3N4O.C11H8FN/c1-2-7-18-11-10(19-12(17)20-11)8-3-5-9(6-4-8)21-13(14,15)16;12-11-6-7-13-8-10(11)9-4-2-1-3-5-9/h3-6,10H,2,7H2,1H3,(H3,17,18,19,20);1-8H. The second-order valence-electron chi connectivity index (χ2n) is 7.15. The van der Waals surface area contributed by atoms with Crippen molar-refractivity contribution in [3.8, 4) is 16.9 Å². The van der Waals surface area contributed by atoms with E-state index in [1.807, 2.05) is 37.3 Å². The molecule has 0 radical (unpaired) electrons. The minimum absolute atomic E-state index is 0.235. The highest BCUT2D eigenvalue weighted by atomic mass is 19.4. The lowest BCUT2D eigenvalue weighted by Crippen LogP contribution is -2.32. The number of amidine groups is 1. The number of benzene rings is 2. The molecular formula is C24H23F4N5O. The molecule has 6 nitrogen and oxygen atoms in total. The molecule has 2 aromatic carbocycles. The number of nitrogens with two attached hydrogens (primary N) is 1. The van der Waals surface area contributed by atoms with Gasteiger partial charge in [0.2, 0.25) is 0 Å². The average Bonchev–Trinajstić information content (AvgIpc) is 3.19. The van der Waals surface area contributed by atoms with Crippen LogP contribution in [0.2, 0.25) is 0 Å². The van der Waals surface area contributed by atoms with E-state index in [2.05, 4.69) is 25.0 Å². The van der Waals surface area contributed by atoms with Crippen LogP contribution in [0.25, 0.3) is 11.1 Å². The molecule has 1 aliphatic heterocycles. The highest BCUT2D eigenvalue weighted by Gasteiger charge is 2.31. The molecule has 1 atom stereocenters. The SMILES string of the molecule is CCCN=C1NC(N)=NC1c1ccc(OC(F)(F)F)cc1.Fc1ccncc1-c1ccccc1. The first kappa shape index (κ1) is 24.7. The molecule has 178 valence electrons. The summed E-state index contributed by atoms with van der Waals surface area (Å²) in [5, 5.41) is 2.86. The highest BCUT2D eigenvalue weighted by Crippen LogP contribution is 2.27. The number of ether oxygens (including phenoxy) is 1. The van der Waals surface area contributed by atoms with Crippen LogP contribution in [-0.4, -0.2) is 29.7 Å². The summed E-state index contributed by atoms with van der Waals surface area (Å²) >= 11 is 0. The van der Waals surface area contributed by atoms with Gasteiger partial charge < -0.3 is 15.8 Å². The number of hydrogen-bond acceptors (Lipinski definition) is 5. The molecule has 1 unspecified atom stereocenters. The largest absolute Gasteiger partial charge is 0.573 e. The van der Waals surface area contributed by atoms with E-state index in [9.17, 15) is 17.6 Å². The topological polar surface area (TPSA) is 84.9 Å². The van der Waals surface area contributed by atoms with E-state index in [0.717, 1.165) is 12.0 Å². The van der Waals surface area contributed by atoms with E-state index in [-0.39, 0.29) is 17.5 Å². The molecule has 0 bridgehead atoms. The molecule has 4 rings (SSSR count). The maximum atomic E-state index is 13.2. The summed E-state index contributed by atoms with van der Waals surface area (Å²) in [6, 6.07) is 15.8. The molecule has 0 saturated carbocycles. The molecule has 1 aliphatic rings. The third-order valence-electron chi connectivity index (χ3n) is 4.57. The van der Waals surface area contributed by atoms with E-state index in [0.29, 0.717) is 23.5 Å². The van der Waals surface area contributed by atoms with Crippen LogP contribution in [0, 0.1) is 5.82 Å². The predicted molar refractivity (Wildman–Crippen MR) is 123 cm³/mol. The van der Waals surface area contributed by atoms with Crippen molar-refractivity contribution < 1.29 is 22.3 Å². The Balaban J connectivity index is 0.000000212. The van der Waals surface area contributed by atoms with Gasteiger partial charge in [0.15, 0.2) is 5.96 Å². The summed E-state index contributed by atoms with van der Waals surface area (Å²) in [7, 11) is 0. The van der Waals surface area contributed by atoms with Gasteiger partial charge in [-0.05, 0) is 35.7 Å². The van der Waals surface area contributed by atoms with Crippen LogP contribution in [-0.2, 0) is 0 Å². The number of hydrogen-bond donors (Lipinski definition) is 2. The van der Waals surface area contributed by atoms with E-state index in [1.165, 1.54) is 42.7 Å². The minimum Gasteiger partial charge on any atom is -0.406 e. The van der Waals surface area contributed by atoms with Gasteiger partial charge in [-0.25, -0.2) is 9.38 Å². The summed E-state index contributed by atoms with van der Waals surface area (Å²) in [5.74, 6) is 0.326. The molecule has 0 fully saturated rings. The van der Waals surface area contributed by atoms with Crippen molar-refractivity contribution in [1.82, 2.24) is 10.3 Å². The van der Waals surface area contributed by atoms with Gasteiger partial charge in [0.05, 0.1) is 0 Å². The molecule has 3 N–H and O–H groups in total. The Labute approximate surface area is 194 Å². The van der Waals surface area contributed by atoms with Crippen LogP contribution in [0.3, 0.4) is 0 Å². The first-order valence-corrected chi connectivity index (χ1v) is 10.4. The molecule has 0 saturated heterocycles. The summed E-state index contributed by atoms with van der Waals surface area (Å²) < 4.78 is 53.4. The molecule has 10 heteroatoms. The van der Waals surface area contributed by atoms with Gasteiger partial charge in [0.25, 0.3) is 0 Å². The summed E-state index contributed by atoms with van der Waals surface area (Å²) in [6.45, 7) is 2.61. The van der Waals surface area contributed by atoms with Crippen molar-refractivity contribution in [2.24, 2.45) is 15.7 Å². The Morgan fingerprint density at radius 3 is 2.38 bits per heavy atom. The lowest BCUT2D eigenvalue weighted by atomic mass is 10.1. The van der Waals surface area contributed by atoms with Gasteiger partial charge in [-0.2, -0.15) is 0 Å². The number of aromatic nitrogens is 1. The number of rotatable bonds is 5. The number of nitrogens with zero attached hydrogens (tertiary/aromatic N) is 3. The van der Waals surface area contributed by atoms with E-state index in [1.54, 1.807) is 0 Å². The molecule has 0 spiro atoms. The Hall–Kier alpha value is -3.95. The van der Waals surface area contributed by atoms with Gasteiger partial charge in [-0.15, -0.1) is 13.2 Å². The summed E-state index contributed by atoms with van der Waals surface area (Å²) in [4.78, 5) is 12.4. The quantitative estimate of drug-likeness (QED) is 0.497. The number of pyridine rings is 1.